The van der Waals surface area contributed by atoms with Gasteiger partial charge in [-0.1, -0.05) is 31.4 Å². The van der Waals surface area contributed by atoms with Gasteiger partial charge in [-0.2, -0.15) is 0 Å². The molecule has 148 valence electrons. The molecule has 0 saturated heterocycles. The molecule has 3 rings (SSSR count). The normalized spacial score (nSPS) is 15.7. The fourth-order valence-electron chi connectivity index (χ4n) is 3.63. The summed E-state index contributed by atoms with van der Waals surface area (Å²) in [6.07, 6.45) is 4.82. The third-order valence-corrected chi connectivity index (χ3v) is 6.44. The maximum Gasteiger partial charge on any atom is 0.270 e. The second-order valence-electron chi connectivity index (χ2n) is 6.85. The minimum Gasteiger partial charge on any atom is -0.365 e. The first-order valence-electron chi connectivity index (χ1n) is 9.01. The lowest BCUT2D eigenvalue weighted by molar-refractivity contribution is -0.384. The van der Waals surface area contributed by atoms with Gasteiger partial charge in [0.15, 0.2) is 0 Å². The monoisotopic (exact) mass is 421 g/mol. The number of nitro benzene ring substituents is 1. The lowest BCUT2D eigenvalue weighted by atomic mass is 9.84. The number of carbonyl (C=O) groups is 2. The minimum atomic E-state index is -0.611. The number of nitro groups is 1. The van der Waals surface area contributed by atoms with Gasteiger partial charge in [-0.25, -0.2) is 0 Å². The number of nitrogens with one attached hydrogen (secondary N) is 1. The Hall–Kier alpha value is -2.45. The molecule has 7 nitrogen and oxygen atoms in total. The fourth-order valence-corrected chi connectivity index (χ4v) is 5.19. The Morgan fingerprint density at radius 2 is 2.18 bits per heavy atom. The van der Waals surface area contributed by atoms with Gasteiger partial charge >= 0.3 is 0 Å². The number of carbonyl (C=O) groups excluding carboxylic acids is 2. The molecule has 1 aromatic carbocycles. The lowest BCUT2D eigenvalue weighted by Crippen LogP contribution is -2.20. The van der Waals surface area contributed by atoms with E-state index in [0.717, 1.165) is 48.6 Å². The average Bonchev–Trinajstić information content (AvgIpc) is 2.99. The van der Waals surface area contributed by atoms with Gasteiger partial charge in [-0.15, -0.1) is 11.3 Å². The van der Waals surface area contributed by atoms with Crippen molar-refractivity contribution in [1.29, 1.82) is 0 Å². The smallest absolute Gasteiger partial charge is 0.270 e. The van der Waals surface area contributed by atoms with Crippen LogP contribution in [-0.4, -0.2) is 16.7 Å². The van der Waals surface area contributed by atoms with E-state index in [-0.39, 0.29) is 16.3 Å². The molecule has 1 aromatic heterocycles. The van der Waals surface area contributed by atoms with Crippen molar-refractivity contribution in [3.63, 3.8) is 0 Å². The number of hydrogen-bond donors (Lipinski definition) is 2. The van der Waals surface area contributed by atoms with Crippen LogP contribution in [0, 0.1) is 16.0 Å². The highest BCUT2D eigenvalue weighted by atomic mass is 35.5. The van der Waals surface area contributed by atoms with Crippen molar-refractivity contribution in [3.8, 4) is 0 Å². The minimum absolute atomic E-state index is 0.0264. The molecule has 0 fully saturated rings. The molecule has 1 heterocycles. The van der Waals surface area contributed by atoms with Crippen LogP contribution in [0.25, 0.3) is 0 Å². The van der Waals surface area contributed by atoms with E-state index in [4.69, 9.17) is 17.3 Å². The Morgan fingerprint density at radius 1 is 1.43 bits per heavy atom. The summed E-state index contributed by atoms with van der Waals surface area (Å²) in [4.78, 5) is 36.2. The van der Waals surface area contributed by atoms with Crippen LogP contribution in [0.3, 0.4) is 0 Å². The molecular weight excluding hydrogens is 402 g/mol. The summed E-state index contributed by atoms with van der Waals surface area (Å²) < 4.78 is 0. The summed E-state index contributed by atoms with van der Waals surface area (Å²) in [6.45, 7) is 2.15. The van der Waals surface area contributed by atoms with Crippen LogP contribution in [0.15, 0.2) is 18.2 Å². The van der Waals surface area contributed by atoms with Crippen LogP contribution in [-0.2, 0) is 12.8 Å². The van der Waals surface area contributed by atoms with Crippen molar-refractivity contribution >= 4 is 45.4 Å². The highest BCUT2D eigenvalue weighted by Gasteiger charge is 2.29. The molecule has 2 amide bonds. The van der Waals surface area contributed by atoms with E-state index < -0.39 is 16.7 Å². The Labute approximate surface area is 171 Å². The highest BCUT2D eigenvalue weighted by molar-refractivity contribution is 7.17. The van der Waals surface area contributed by atoms with E-state index in [1.165, 1.54) is 23.5 Å². The van der Waals surface area contributed by atoms with Crippen LogP contribution in [0.5, 0.6) is 0 Å². The van der Waals surface area contributed by atoms with Gasteiger partial charge in [0.1, 0.15) is 5.00 Å². The molecule has 0 spiro atoms. The first kappa shape index (κ1) is 20.3. The zero-order valence-corrected chi connectivity index (χ0v) is 16.9. The van der Waals surface area contributed by atoms with Gasteiger partial charge in [0.25, 0.3) is 17.5 Å². The first-order chi connectivity index (χ1) is 13.3. The molecule has 2 aromatic rings. The van der Waals surface area contributed by atoms with Crippen LogP contribution in [0.4, 0.5) is 10.7 Å². The summed E-state index contributed by atoms with van der Waals surface area (Å²) in [6, 6.07) is 3.65. The van der Waals surface area contributed by atoms with Crippen LogP contribution in [0.2, 0.25) is 5.02 Å². The number of hydrogen-bond acceptors (Lipinski definition) is 5. The van der Waals surface area contributed by atoms with E-state index in [9.17, 15) is 19.7 Å². The summed E-state index contributed by atoms with van der Waals surface area (Å²) in [5, 5.41) is 14.1. The van der Waals surface area contributed by atoms with E-state index in [0.29, 0.717) is 16.5 Å². The van der Waals surface area contributed by atoms with Crippen LogP contribution in [0.1, 0.15) is 57.3 Å². The Bertz CT molecular complexity index is 957. The topological polar surface area (TPSA) is 115 Å². The van der Waals surface area contributed by atoms with Crippen molar-refractivity contribution in [2.75, 3.05) is 5.32 Å². The fraction of sp³-hybridized carbons (Fsp3) is 0.368. The SMILES string of the molecule is CCC[C@@H]1CCc2c(sc(NC(=O)c3cc([N+](=O)[O-])ccc3Cl)c2C(N)=O)C1. The number of thiophene rings is 1. The van der Waals surface area contributed by atoms with Gasteiger partial charge < -0.3 is 11.1 Å². The second-order valence-corrected chi connectivity index (χ2v) is 8.36. The van der Waals surface area contributed by atoms with Gasteiger partial charge in [-0.3, -0.25) is 19.7 Å². The number of fused-ring (bicyclic) bond motifs is 1. The number of rotatable bonds is 6. The second kappa shape index (κ2) is 8.28. The van der Waals surface area contributed by atoms with E-state index in [1.807, 2.05) is 0 Å². The van der Waals surface area contributed by atoms with Crippen molar-refractivity contribution in [1.82, 2.24) is 0 Å². The molecule has 9 heteroatoms. The van der Waals surface area contributed by atoms with Crippen LogP contribution < -0.4 is 11.1 Å². The van der Waals surface area contributed by atoms with Gasteiger partial charge in [0.2, 0.25) is 0 Å². The van der Waals surface area contributed by atoms with Crippen molar-refractivity contribution < 1.29 is 14.5 Å². The van der Waals surface area contributed by atoms with Gasteiger partial charge in [0.05, 0.1) is 21.1 Å². The maximum atomic E-state index is 12.7. The number of anilines is 1. The number of amides is 2. The maximum absolute atomic E-state index is 12.7. The van der Waals surface area contributed by atoms with Gasteiger partial charge in [-0.05, 0) is 36.8 Å². The third kappa shape index (κ3) is 4.02. The van der Waals surface area contributed by atoms with Crippen molar-refractivity contribution in [3.05, 3.63) is 54.9 Å². The Morgan fingerprint density at radius 3 is 2.82 bits per heavy atom. The number of non-ortho nitro benzene ring substituents is 1. The summed E-state index contributed by atoms with van der Waals surface area (Å²) >= 11 is 7.40. The molecule has 1 aliphatic rings. The Balaban J connectivity index is 1.93. The molecule has 0 saturated carbocycles. The molecule has 3 N–H and O–H groups in total. The highest BCUT2D eigenvalue weighted by Crippen LogP contribution is 2.41. The molecule has 0 bridgehead atoms. The predicted molar refractivity (Wildman–Crippen MR) is 109 cm³/mol. The molecule has 28 heavy (non-hydrogen) atoms. The zero-order chi connectivity index (χ0) is 20.4. The predicted octanol–water partition coefficient (Wildman–Crippen LogP) is 4.57. The average molecular weight is 422 g/mol. The molecule has 0 aliphatic heterocycles. The van der Waals surface area contributed by atoms with Crippen molar-refractivity contribution in [2.45, 2.75) is 39.0 Å². The zero-order valence-electron chi connectivity index (χ0n) is 15.3. The third-order valence-electron chi connectivity index (χ3n) is 4.94. The van der Waals surface area contributed by atoms with E-state index >= 15 is 0 Å². The van der Waals surface area contributed by atoms with Crippen molar-refractivity contribution in [2.24, 2.45) is 11.7 Å². The summed E-state index contributed by atoms with van der Waals surface area (Å²) in [7, 11) is 0. The number of halogens is 1. The summed E-state index contributed by atoms with van der Waals surface area (Å²) in [5.41, 5.74) is 6.57. The molecule has 0 unspecified atom stereocenters. The molecular formula is C19H20ClN3O4S. The number of nitrogens with zero attached hydrogens (tertiary/aromatic N) is 1. The number of primary amides is 1. The summed E-state index contributed by atoms with van der Waals surface area (Å²) in [5.74, 6) is -0.640. The molecule has 0 radical (unpaired) electrons. The quantitative estimate of drug-likeness (QED) is 0.525. The molecule has 1 aliphatic carbocycles. The number of benzene rings is 1. The number of nitrogens with two attached hydrogens (primary N) is 1. The van der Waals surface area contributed by atoms with E-state index in [2.05, 4.69) is 12.2 Å². The Kier molecular flexibility index (Phi) is 6.00. The largest absolute Gasteiger partial charge is 0.365 e. The standard InChI is InChI=1S/C19H20ClN3O4S/c1-2-3-10-4-6-12-15(8-10)28-19(16(12)17(21)24)22-18(25)13-9-11(23(26)27)5-7-14(13)20/h5,7,9-10H,2-4,6,8H2,1H3,(H2,21,24)(H,22,25)/t10-/m1/s1. The van der Waals surface area contributed by atoms with E-state index in [1.54, 1.807) is 0 Å². The first-order valence-corrected chi connectivity index (χ1v) is 10.2. The lowest BCUT2D eigenvalue weighted by Gasteiger charge is -2.21. The van der Waals surface area contributed by atoms with Crippen LogP contribution >= 0.6 is 22.9 Å². The van der Waals surface area contributed by atoms with Gasteiger partial charge in [0, 0.05) is 17.0 Å². The molecule has 1 atom stereocenters.